The van der Waals surface area contributed by atoms with Crippen molar-refractivity contribution in [3.63, 3.8) is 0 Å². The fourth-order valence-corrected chi connectivity index (χ4v) is 3.22. The van der Waals surface area contributed by atoms with Crippen LogP contribution in [0.25, 0.3) is 11.6 Å². The summed E-state index contributed by atoms with van der Waals surface area (Å²) in [6, 6.07) is 23.2. The zero-order chi connectivity index (χ0) is 19.2. The van der Waals surface area contributed by atoms with E-state index in [1.54, 1.807) is 0 Å². The largest absolute Gasteiger partial charge is 0.321 e. The molecule has 2 nitrogen and oxygen atoms in total. The third-order valence-electron chi connectivity index (χ3n) is 4.51. The van der Waals surface area contributed by atoms with Gasteiger partial charge in [-0.3, -0.25) is 4.79 Å². The minimum absolute atomic E-state index is 0.148. The van der Waals surface area contributed by atoms with Crippen molar-refractivity contribution in [2.45, 2.75) is 20.3 Å². The second-order valence-electron chi connectivity index (χ2n) is 6.36. The molecule has 0 bridgehead atoms. The molecule has 0 radical (unpaired) electrons. The summed E-state index contributed by atoms with van der Waals surface area (Å²) in [7, 11) is 0. The van der Waals surface area contributed by atoms with E-state index in [4.69, 9.17) is 11.6 Å². The van der Waals surface area contributed by atoms with Gasteiger partial charge in [-0.05, 0) is 47.7 Å². The lowest BCUT2D eigenvalue weighted by molar-refractivity contribution is -0.111. The van der Waals surface area contributed by atoms with Crippen LogP contribution in [0.2, 0.25) is 5.02 Å². The van der Waals surface area contributed by atoms with Gasteiger partial charge < -0.3 is 5.32 Å². The first kappa shape index (κ1) is 18.9. The van der Waals surface area contributed by atoms with Gasteiger partial charge in [-0.15, -0.1) is 0 Å². The molecule has 0 unspecified atom stereocenters. The molecule has 0 heterocycles. The third kappa shape index (κ3) is 4.47. The lowest BCUT2D eigenvalue weighted by Crippen LogP contribution is -2.16. The number of halogens is 1. The van der Waals surface area contributed by atoms with E-state index in [0.29, 0.717) is 10.6 Å². The zero-order valence-corrected chi connectivity index (χ0v) is 16.3. The first-order chi connectivity index (χ1) is 13.1. The molecule has 136 valence electrons. The monoisotopic (exact) mass is 375 g/mol. The normalized spacial score (nSPS) is 11.3. The number of anilines is 1. The molecule has 3 aromatic carbocycles. The van der Waals surface area contributed by atoms with Gasteiger partial charge in [0.25, 0.3) is 5.91 Å². The van der Waals surface area contributed by atoms with E-state index >= 15 is 0 Å². The highest BCUT2D eigenvalue weighted by atomic mass is 35.5. The number of carbonyl (C=O) groups excluding carboxylic acids is 1. The molecule has 0 spiro atoms. The zero-order valence-electron chi connectivity index (χ0n) is 15.5. The maximum absolute atomic E-state index is 13.2. The molecule has 1 amide bonds. The Morgan fingerprint density at radius 3 is 2.37 bits per heavy atom. The molecule has 3 aromatic rings. The van der Waals surface area contributed by atoms with Gasteiger partial charge in [0.2, 0.25) is 0 Å². The van der Waals surface area contributed by atoms with Crippen molar-refractivity contribution in [3.8, 4) is 0 Å². The Morgan fingerprint density at radius 1 is 0.963 bits per heavy atom. The minimum Gasteiger partial charge on any atom is -0.321 e. The van der Waals surface area contributed by atoms with Crippen LogP contribution in [0.5, 0.6) is 0 Å². The maximum atomic E-state index is 13.2. The predicted molar refractivity (Wildman–Crippen MR) is 115 cm³/mol. The van der Waals surface area contributed by atoms with Gasteiger partial charge in [-0.25, -0.2) is 0 Å². The van der Waals surface area contributed by atoms with Gasteiger partial charge in [0.1, 0.15) is 0 Å². The van der Waals surface area contributed by atoms with E-state index in [0.717, 1.165) is 34.4 Å². The third-order valence-corrected chi connectivity index (χ3v) is 4.86. The smallest absolute Gasteiger partial charge is 0.256 e. The Kier molecular flexibility index (Phi) is 6.10. The van der Waals surface area contributed by atoms with Crippen molar-refractivity contribution in [1.29, 1.82) is 0 Å². The Bertz CT molecular complexity index is 977. The summed E-state index contributed by atoms with van der Waals surface area (Å²) < 4.78 is 0. The highest BCUT2D eigenvalue weighted by Crippen LogP contribution is 2.27. The highest BCUT2D eigenvalue weighted by Gasteiger charge is 2.15. The Labute approximate surface area is 165 Å². The van der Waals surface area contributed by atoms with E-state index in [2.05, 4.69) is 12.2 Å². The average Bonchev–Trinajstić information content (AvgIpc) is 2.69. The summed E-state index contributed by atoms with van der Waals surface area (Å²) in [5.41, 5.74) is 5.29. The number of amides is 1. The number of hydrogen-bond donors (Lipinski definition) is 1. The van der Waals surface area contributed by atoms with Crippen LogP contribution in [0.3, 0.4) is 0 Å². The molecule has 0 fully saturated rings. The second-order valence-corrected chi connectivity index (χ2v) is 6.77. The van der Waals surface area contributed by atoms with E-state index in [9.17, 15) is 4.79 Å². The molecule has 0 aliphatic rings. The van der Waals surface area contributed by atoms with Crippen LogP contribution in [0.1, 0.15) is 29.2 Å². The van der Waals surface area contributed by atoms with Crippen LogP contribution < -0.4 is 5.32 Å². The summed E-state index contributed by atoms with van der Waals surface area (Å²) in [6.07, 6.45) is 2.70. The lowest BCUT2D eigenvalue weighted by Gasteiger charge is -2.15. The predicted octanol–water partition coefficient (Wildman–Crippen LogP) is 6.39. The fourth-order valence-electron chi connectivity index (χ4n) is 3.03. The first-order valence-corrected chi connectivity index (χ1v) is 9.39. The average molecular weight is 376 g/mol. The van der Waals surface area contributed by atoms with Crippen molar-refractivity contribution in [2.24, 2.45) is 0 Å². The molecule has 0 saturated heterocycles. The fraction of sp³-hybridized carbons (Fsp3) is 0.125. The van der Waals surface area contributed by atoms with Gasteiger partial charge in [0.05, 0.1) is 0 Å². The molecule has 3 rings (SSSR count). The number of para-hydroxylation sites is 1. The topological polar surface area (TPSA) is 29.1 Å². The number of rotatable bonds is 5. The maximum Gasteiger partial charge on any atom is 0.256 e. The molecule has 0 aromatic heterocycles. The highest BCUT2D eigenvalue weighted by molar-refractivity contribution is 6.34. The minimum atomic E-state index is -0.148. The SMILES string of the molecule is CCc1cccc(C)c1NC(=O)C(=Cc1ccccc1Cl)c1ccccc1. The van der Waals surface area contributed by atoms with Crippen molar-refractivity contribution in [1.82, 2.24) is 0 Å². The molecule has 27 heavy (non-hydrogen) atoms. The van der Waals surface area contributed by atoms with Crippen molar-refractivity contribution >= 4 is 34.8 Å². The molecule has 0 atom stereocenters. The lowest BCUT2D eigenvalue weighted by atomic mass is 10.0. The number of benzene rings is 3. The van der Waals surface area contributed by atoms with Crippen LogP contribution in [-0.4, -0.2) is 5.91 Å². The van der Waals surface area contributed by atoms with E-state index in [1.807, 2.05) is 85.8 Å². The van der Waals surface area contributed by atoms with Crippen LogP contribution in [0.15, 0.2) is 72.8 Å². The van der Waals surface area contributed by atoms with E-state index in [1.165, 1.54) is 0 Å². The summed E-state index contributed by atoms with van der Waals surface area (Å²) in [5, 5.41) is 3.73. The molecule has 0 saturated carbocycles. The van der Waals surface area contributed by atoms with Crippen molar-refractivity contribution in [3.05, 3.63) is 100 Å². The molecule has 0 aliphatic heterocycles. The first-order valence-electron chi connectivity index (χ1n) is 9.01. The van der Waals surface area contributed by atoms with Gasteiger partial charge in [0, 0.05) is 16.3 Å². The van der Waals surface area contributed by atoms with Gasteiger partial charge >= 0.3 is 0 Å². The molecule has 1 N–H and O–H groups in total. The summed E-state index contributed by atoms with van der Waals surface area (Å²) in [4.78, 5) is 13.2. The molecular formula is C24H22ClNO. The number of carbonyl (C=O) groups is 1. The van der Waals surface area contributed by atoms with Crippen LogP contribution in [-0.2, 0) is 11.2 Å². The van der Waals surface area contributed by atoms with Crippen LogP contribution >= 0.6 is 11.6 Å². The number of nitrogens with one attached hydrogen (secondary N) is 1. The summed E-state index contributed by atoms with van der Waals surface area (Å²) >= 11 is 6.32. The summed E-state index contributed by atoms with van der Waals surface area (Å²) in [5.74, 6) is -0.148. The quantitative estimate of drug-likeness (QED) is 0.406. The van der Waals surface area contributed by atoms with E-state index in [-0.39, 0.29) is 5.91 Å². The molecule has 3 heteroatoms. The van der Waals surface area contributed by atoms with Gasteiger partial charge in [-0.2, -0.15) is 0 Å². The number of aryl methyl sites for hydroxylation is 2. The van der Waals surface area contributed by atoms with Crippen molar-refractivity contribution < 1.29 is 4.79 Å². The summed E-state index contributed by atoms with van der Waals surface area (Å²) in [6.45, 7) is 4.09. The Morgan fingerprint density at radius 2 is 1.67 bits per heavy atom. The molecule has 0 aliphatic carbocycles. The van der Waals surface area contributed by atoms with E-state index < -0.39 is 0 Å². The Balaban J connectivity index is 2.04. The van der Waals surface area contributed by atoms with Gasteiger partial charge in [0.15, 0.2) is 0 Å². The molecular weight excluding hydrogens is 354 g/mol. The van der Waals surface area contributed by atoms with Crippen LogP contribution in [0.4, 0.5) is 5.69 Å². The van der Waals surface area contributed by atoms with Gasteiger partial charge in [-0.1, -0.05) is 85.3 Å². The van der Waals surface area contributed by atoms with Crippen LogP contribution in [0, 0.1) is 6.92 Å². The number of hydrogen-bond acceptors (Lipinski definition) is 1. The standard InChI is InChI=1S/C24H22ClNO/c1-3-18-14-9-10-17(2)23(18)26-24(27)21(19-11-5-4-6-12-19)16-20-13-7-8-15-22(20)25/h4-16H,3H2,1-2H3,(H,26,27). The second kappa shape index (κ2) is 8.70. The Hall–Kier alpha value is -2.84. The van der Waals surface area contributed by atoms with Crippen molar-refractivity contribution in [2.75, 3.05) is 5.32 Å².